The van der Waals surface area contributed by atoms with E-state index < -0.39 is 0 Å². The van der Waals surface area contributed by atoms with Gasteiger partial charge in [-0.2, -0.15) is 0 Å². The molecule has 92 valence electrons. The first-order chi connectivity index (χ1) is 8.31. The summed E-state index contributed by atoms with van der Waals surface area (Å²) in [4.78, 5) is 1.14. The molecule has 0 saturated carbocycles. The summed E-state index contributed by atoms with van der Waals surface area (Å²) in [6.45, 7) is 1.42. The Bertz CT molecular complexity index is 441. The van der Waals surface area contributed by atoms with Crippen molar-refractivity contribution >= 4 is 22.9 Å². The number of ether oxygens (including phenoxy) is 1. The standard InChI is InChI=1S/C12H14ClNO2S/c1-15-8-6-14-12(9-3-2-7-16-9)10-4-5-11(13)17-10/h2-5,7,12,14H,6,8H2,1H3. The molecule has 17 heavy (non-hydrogen) atoms. The van der Waals surface area contributed by atoms with Crippen LogP contribution in [0.2, 0.25) is 4.34 Å². The number of hydrogen-bond acceptors (Lipinski definition) is 4. The van der Waals surface area contributed by atoms with Crippen LogP contribution in [0.1, 0.15) is 16.7 Å². The first kappa shape index (κ1) is 12.6. The molecule has 0 amide bonds. The van der Waals surface area contributed by atoms with Crippen LogP contribution in [-0.2, 0) is 4.74 Å². The Morgan fingerprint density at radius 1 is 1.47 bits per heavy atom. The minimum Gasteiger partial charge on any atom is -0.467 e. The summed E-state index contributed by atoms with van der Waals surface area (Å²) in [5, 5.41) is 3.39. The Labute approximate surface area is 109 Å². The summed E-state index contributed by atoms with van der Waals surface area (Å²) in [5.74, 6) is 0.889. The molecule has 2 aromatic heterocycles. The highest BCUT2D eigenvalue weighted by atomic mass is 35.5. The van der Waals surface area contributed by atoms with Crippen LogP contribution in [0.15, 0.2) is 34.9 Å². The minimum atomic E-state index is 0.0395. The molecule has 0 fully saturated rings. The van der Waals surface area contributed by atoms with E-state index in [0.717, 1.165) is 21.5 Å². The van der Waals surface area contributed by atoms with Gasteiger partial charge < -0.3 is 14.5 Å². The van der Waals surface area contributed by atoms with Crippen LogP contribution in [-0.4, -0.2) is 20.3 Å². The average molecular weight is 272 g/mol. The van der Waals surface area contributed by atoms with Gasteiger partial charge in [0.2, 0.25) is 0 Å². The van der Waals surface area contributed by atoms with Crippen LogP contribution in [0.3, 0.4) is 0 Å². The molecule has 0 saturated heterocycles. The average Bonchev–Trinajstić information content (AvgIpc) is 2.96. The summed E-state index contributed by atoms with van der Waals surface area (Å²) in [7, 11) is 1.69. The summed E-state index contributed by atoms with van der Waals surface area (Å²) >= 11 is 7.52. The van der Waals surface area contributed by atoms with E-state index in [1.807, 2.05) is 24.3 Å². The van der Waals surface area contributed by atoms with Gasteiger partial charge >= 0.3 is 0 Å². The van der Waals surface area contributed by atoms with Crippen molar-refractivity contribution in [1.29, 1.82) is 0 Å². The van der Waals surface area contributed by atoms with Crippen LogP contribution in [0, 0.1) is 0 Å². The van der Waals surface area contributed by atoms with Crippen LogP contribution in [0.25, 0.3) is 0 Å². The topological polar surface area (TPSA) is 34.4 Å². The molecule has 1 N–H and O–H groups in total. The van der Waals surface area contributed by atoms with Gasteiger partial charge in [-0.1, -0.05) is 11.6 Å². The Morgan fingerprint density at radius 3 is 2.94 bits per heavy atom. The highest BCUT2D eigenvalue weighted by molar-refractivity contribution is 7.16. The van der Waals surface area contributed by atoms with Crippen LogP contribution < -0.4 is 5.32 Å². The zero-order chi connectivity index (χ0) is 12.1. The molecular weight excluding hydrogens is 258 g/mol. The first-order valence-corrected chi connectivity index (χ1v) is 6.51. The van der Waals surface area contributed by atoms with Crippen molar-refractivity contribution in [3.05, 3.63) is 45.5 Å². The maximum Gasteiger partial charge on any atom is 0.126 e. The fourth-order valence-electron chi connectivity index (χ4n) is 1.59. The van der Waals surface area contributed by atoms with Gasteiger partial charge in [0.05, 0.1) is 17.2 Å². The highest BCUT2D eigenvalue weighted by Crippen LogP contribution is 2.31. The fraction of sp³-hybridized carbons (Fsp3) is 0.333. The van der Waals surface area contributed by atoms with Crippen molar-refractivity contribution in [1.82, 2.24) is 5.32 Å². The second-order valence-electron chi connectivity index (χ2n) is 3.54. The van der Waals surface area contributed by atoms with E-state index in [9.17, 15) is 0 Å². The third-order valence-corrected chi connectivity index (χ3v) is 3.66. The Balaban J connectivity index is 2.13. The van der Waals surface area contributed by atoms with E-state index in [1.54, 1.807) is 24.7 Å². The van der Waals surface area contributed by atoms with Crippen LogP contribution >= 0.6 is 22.9 Å². The summed E-state index contributed by atoms with van der Waals surface area (Å²) in [5.41, 5.74) is 0. The third-order valence-electron chi connectivity index (χ3n) is 2.36. The van der Waals surface area contributed by atoms with Gasteiger partial charge in [-0.25, -0.2) is 0 Å². The summed E-state index contributed by atoms with van der Waals surface area (Å²) in [6, 6.07) is 7.79. The normalized spacial score (nSPS) is 12.8. The molecule has 0 aliphatic carbocycles. The van der Waals surface area contributed by atoms with E-state index in [2.05, 4.69) is 5.32 Å². The summed E-state index contributed by atoms with van der Waals surface area (Å²) in [6.07, 6.45) is 1.68. The van der Waals surface area contributed by atoms with E-state index in [4.69, 9.17) is 20.8 Å². The number of rotatable bonds is 6. The molecule has 3 nitrogen and oxygen atoms in total. The highest BCUT2D eigenvalue weighted by Gasteiger charge is 2.17. The van der Waals surface area contributed by atoms with E-state index in [1.165, 1.54) is 0 Å². The number of thiophene rings is 1. The lowest BCUT2D eigenvalue weighted by Crippen LogP contribution is -2.24. The van der Waals surface area contributed by atoms with Gasteiger partial charge in [0.25, 0.3) is 0 Å². The largest absolute Gasteiger partial charge is 0.467 e. The van der Waals surface area contributed by atoms with Crippen molar-refractivity contribution in [3.63, 3.8) is 0 Å². The minimum absolute atomic E-state index is 0.0395. The Morgan fingerprint density at radius 2 is 2.35 bits per heavy atom. The predicted molar refractivity (Wildman–Crippen MR) is 69.8 cm³/mol. The molecule has 0 radical (unpaired) electrons. The molecule has 0 spiro atoms. The fourth-order valence-corrected chi connectivity index (χ4v) is 2.73. The second kappa shape index (κ2) is 6.21. The number of furan rings is 1. The van der Waals surface area contributed by atoms with Crippen molar-refractivity contribution in [2.75, 3.05) is 20.3 Å². The lowest BCUT2D eigenvalue weighted by atomic mass is 10.2. The maximum absolute atomic E-state index is 5.96. The number of nitrogens with one attached hydrogen (secondary N) is 1. The van der Waals surface area contributed by atoms with Gasteiger partial charge in [0.1, 0.15) is 11.8 Å². The molecule has 0 aliphatic heterocycles. The molecule has 2 heterocycles. The van der Waals surface area contributed by atoms with Crippen molar-refractivity contribution in [2.45, 2.75) is 6.04 Å². The van der Waals surface area contributed by atoms with Crippen molar-refractivity contribution < 1.29 is 9.15 Å². The molecule has 0 bridgehead atoms. The van der Waals surface area contributed by atoms with Gasteiger partial charge in [0, 0.05) is 18.5 Å². The Kier molecular flexibility index (Phi) is 4.62. The zero-order valence-corrected chi connectivity index (χ0v) is 11.1. The molecule has 2 aromatic rings. The smallest absolute Gasteiger partial charge is 0.126 e. The molecule has 5 heteroatoms. The lowest BCUT2D eigenvalue weighted by molar-refractivity contribution is 0.196. The number of halogens is 1. The lowest BCUT2D eigenvalue weighted by Gasteiger charge is -2.14. The predicted octanol–water partition coefficient (Wildman–Crippen LogP) is 3.32. The van der Waals surface area contributed by atoms with E-state index >= 15 is 0 Å². The van der Waals surface area contributed by atoms with Crippen molar-refractivity contribution in [3.8, 4) is 0 Å². The van der Waals surface area contributed by atoms with Crippen molar-refractivity contribution in [2.24, 2.45) is 0 Å². The molecule has 1 atom stereocenters. The second-order valence-corrected chi connectivity index (χ2v) is 5.28. The first-order valence-electron chi connectivity index (χ1n) is 5.32. The van der Waals surface area contributed by atoms with E-state index in [-0.39, 0.29) is 6.04 Å². The quantitative estimate of drug-likeness (QED) is 0.819. The molecule has 1 unspecified atom stereocenters. The van der Waals surface area contributed by atoms with Gasteiger partial charge in [-0.3, -0.25) is 0 Å². The molecular formula is C12H14ClNO2S. The van der Waals surface area contributed by atoms with E-state index in [0.29, 0.717) is 6.61 Å². The zero-order valence-electron chi connectivity index (χ0n) is 9.48. The molecule has 0 aromatic carbocycles. The summed E-state index contributed by atoms with van der Waals surface area (Å²) < 4.78 is 11.3. The number of hydrogen-bond donors (Lipinski definition) is 1. The Hall–Kier alpha value is -0.810. The SMILES string of the molecule is COCCNC(c1ccco1)c1ccc(Cl)s1. The molecule has 0 aliphatic rings. The van der Waals surface area contributed by atoms with Gasteiger partial charge in [-0.15, -0.1) is 11.3 Å². The van der Waals surface area contributed by atoms with Gasteiger partial charge in [-0.05, 0) is 24.3 Å². The van der Waals surface area contributed by atoms with Crippen LogP contribution in [0.5, 0.6) is 0 Å². The van der Waals surface area contributed by atoms with Crippen LogP contribution in [0.4, 0.5) is 0 Å². The monoisotopic (exact) mass is 271 g/mol. The molecule has 2 rings (SSSR count). The third kappa shape index (κ3) is 3.33. The maximum atomic E-state index is 5.96. The number of methoxy groups -OCH3 is 1. The van der Waals surface area contributed by atoms with Gasteiger partial charge in [0.15, 0.2) is 0 Å².